The number of hydrogen-bond donors (Lipinski definition) is 0. The van der Waals surface area contributed by atoms with E-state index in [0.717, 1.165) is 50.4 Å². The highest BCUT2D eigenvalue weighted by atomic mass is 16.2. The second-order valence-electron chi connectivity index (χ2n) is 5.67. The van der Waals surface area contributed by atoms with Gasteiger partial charge >= 0.3 is 0 Å². The SMILES string of the molecule is CCc1cnc(N2CCC3(CC2)CN(C)C3=O)nc1. The van der Waals surface area contributed by atoms with E-state index in [1.165, 1.54) is 0 Å². The molecule has 0 bridgehead atoms. The number of hydrogen-bond acceptors (Lipinski definition) is 4. The maximum absolute atomic E-state index is 11.9. The van der Waals surface area contributed by atoms with E-state index in [1.54, 1.807) is 0 Å². The third-order valence-corrected chi connectivity index (χ3v) is 4.44. The molecule has 1 aromatic rings. The minimum absolute atomic E-state index is 0.0748. The monoisotopic (exact) mass is 260 g/mol. The molecule has 0 N–H and O–H groups in total. The zero-order chi connectivity index (χ0) is 13.5. The van der Waals surface area contributed by atoms with Gasteiger partial charge in [0.05, 0.1) is 5.41 Å². The Morgan fingerprint density at radius 3 is 2.37 bits per heavy atom. The number of aromatic nitrogens is 2. The van der Waals surface area contributed by atoms with Gasteiger partial charge in [-0.3, -0.25) is 4.79 Å². The number of carbonyl (C=O) groups is 1. The van der Waals surface area contributed by atoms with Crippen molar-refractivity contribution in [2.24, 2.45) is 5.41 Å². The van der Waals surface area contributed by atoms with E-state index in [4.69, 9.17) is 0 Å². The van der Waals surface area contributed by atoms with Crippen LogP contribution in [0.2, 0.25) is 0 Å². The highest BCUT2D eigenvalue weighted by Crippen LogP contribution is 2.41. The van der Waals surface area contributed by atoms with Crippen LogP contribution >= 0.6 is 0 Å². The molecule has 0 aliphatic carbocycles. The molecule has 3 rings (SSSR count). The van der Waals surface area contributed by atoms with Crippen LogP contribution in [0.4, 0.5) is 5.95 Å². The lowest BCUT2D eigenvalue weighted by molar-refractivity contribution is -0.159. The number of β-lactam (4-membered cyclic amide) rings is 1. The molecule has 2 saturated heterocycles. The molecule has 0 saturated carbocycles. The molecule has 1 spiro atoms. The molecule has 3 heterocycles. The normalized spacial score (nSPS) is 21.7. The maximum Gasteiger partial charge on any atom is 0.230 e. The van der Waals surface area contributed by atoms with Crippen molar-refractivity contribution in [2.45, 2.75) is 26.2 Å². The summed E-state index contributed by atoms with van der Waals surface area (Å²) in [7, 11) is 1.88. The molecule has 1 aromatic heterocycles. The van der Waals surface area contributed by atoms with Crippen LogP contribution in [0.3, 0.4) is 0 Å². The molecule has 2 aliphatic heterocycles. The number of aryl methyl sites for hydroxylation is 1. The smallest absolute Gasteiger partial charge is 0.230 e. The summed E-state index contributed by atoms with van der Waals surface area (Å²) >= 11 is 0. The lowest BCUT2D eigenvalue weighted by atomic mass is 9.71. The van der Waals surface area contributed by atoms with Gasteiger partial charge in [0.1, 0.15) is 0 Å². The summed E-state index contributed by atoms with van der Waals surface area (Å²) in [5, 5.41) is 0. The van der Waals surface area contributed by atoms with Gasteiger partial charge in [0, 0.05) is 39.1 Å². The van der Waals surface area contributed by atoms with Crippen LogP contribution in [-0.4, -0.2) is 47.5 Å². The summed E-state index contributed by atoms with van der Waals surface area (Å²) in [5.74, 6) is 1.11. The van der Waals surface area contributed by atoms with Crippen molar-refractivity contribution in [1.29, 1.82) is 0 Å². The first-order chi connectivity index (χ1) is 9.14. The molecule has 5 nitrogen and oxygen atoms in total. The molecular formula is C14H20N4O. The van der Waals surface area contributed by atoms with Crippen LogP contribution in [-0.2, 0) is 11.2 Å². The summed E-state index contributed by atoms with van der Waals surface area (Å²) in [5.41, 5.74) is 1.09. The molecule has 0 unspecified atom stereocenters. The molecule has 2 aliphatic rings. The first-order valence-electron chi connectivity index (χ1n) is 6.96. The lowest BCUT2D eigenvalue weighted by Crippen LogP contribution is -2.63. The first kappa shape index (κ1) is 12.4. The summed E-state index contributed by atoms with van der Waals surface area (Å²) < 4.78 is 0. The molecule has 1 amide bonds. The fourth-order valence-electron chi connectivity index (χ4n) is 3.11. The van der Waals surface area contributed by atoms with Gasteiger partial charge in [0.15, 0.2) is 0 Å². The minimum atomic E-state index is -0.0748. The molecule has 102 valence electrons. The number of nitrogens with zero attached hydrogens (tertiary/aromatic N) is 4. The molecule has 0 atom stereocenters. The second-order valence-corrected chi connectivity index (χ2v) is 5.67. The fraction of sp³-hybridized carbons (Fsp3) is 0.643. The van der Waals surface area contributed by atoms with E-state index in [-0.39, 0.29) is 5.41 Å². The van der Waals surface area contributed by atoms with Crippen LogP contribution in [0, 0.1) is 5.41 Å². The van der Waals surface area contributed by atoms with E-state index in [9.17, 15) is 4.79 Å². The molecule has 5 heteroatoms. The Morgan fingerprint density at radius 2 is 1.89 bits per heavy atom. The fourth-order valence-corrected chi connectivity index (χ4v) is 3.11. The van der Waals surface area contributed by atoms with Crippen LogP contribution in [0.1, 0.15) is 25.3 Å². The van der Waals surface area contributed by atoms with Crippen LogP contribution in [0.25, 0.3) is 0 Å². The Bertz CT molecular complexity index is 477. The summed E-state index contributed by atoms with van der Waals surface area (Å²) in [6, 6.07) is 0. The topological polar surface area (TPSA) is 49.3 Å². The largest absolute Gasteiger partial charge is 0.344 e. The van der Waals surface area contributed by atoms with Crippen LogP contribution < -0.4 is 4.90 Å². The average Bonchev–Trinajstić information content (AvgIpc) is 2.48. The van der Waals surface area contributed by atoms with Crippen LogP contribution in [0.15, 0.2) is 12.4 Å². The van der Waals surface area contributed by atoms with Crippen molar-refractivity contribution in [3.8, 4) is 0 Å². The van der Waals surface area contributed by atoms with Gasteiger partial charge in [0.2, 0.25) is 11.9 Å². The number of rotatable bonds is 2. The van der Waals surface area contributed by atoms with E-state index < -0.39 is 0 Å². The number of carbonyl (C=O) groups excluding carboxylic acids is 1. The Labute approximate surface area is 113 Å². The third kappa shape index (κ3) is 1.97. The third-order valence-electron chi connectivity index (χ3n) is 4.44. The van der Waals surface area contributed by atoms with Crippen molar-refractivity contribution >= 4 is 11.9 Å². The van der Waals surface area contributed by atoms with Crippen molar-refractivity contribution in [3.05, 3.63) is 18.0 Å². The Hall–Kier alpha value is -1.65. The van der Waals surface area contributed by atoms with Gasteiger partial charge in [-0.1, -0.05) is 6.92 Å². The predicted molar refractivity (Wildman–Crippen MR) is 72.9 cm³/mol. The standard InChI is InChI=1S/C14H20N4O/c1-3-11-8-15-13(16-9-11)18-6-4-14(5-7-18)10-17(2)12(14)19/h8-9H,3-7,10H2,1-2H3. The summed E-state index contributed by atoms with van der Waals surface area (Å²) in [6.45, 7) is 4.77. The average molecular weight is 260 g/mol. The second kappa shape index (κ2) is 4.47. The highest BCUT2D eigenvalue weighted by Gasteiger charge is 2.51. The van der Waals surface area contributed by atoms with Crippen molar-refractivity contribution < 1.29 is 4.79 Å². The van der Waals surface area contributed by atoms with Gasteiger partial charge < -0.3 is 9.80 Å². The zero-order valence-corrected chi connectivity index (χ0v) is 11.6. The van der Waals surface area contributed by atoms with E-state index in [2.05, 4.69) is 21.8 Å². The number of amides is 1. The summed E-state index contributed by atoms with van der Waals surface area (Å²) in [6.07, 6.45) is 6.61. The zero-order valence-electron chi connectivity index (χ0n) is 11.6. The Balaban J connectivity index is 1.65. The van der Waals surface area contributed by atoms with Crippen molar-refractivity contribution in [3.63, 3.8) is 0 Å². The molecular weight excluding hydrogens is 240 g/mol. The predicted octanol–water partition coefficient (Wildman–Crippen LogP) is 1.10. The maximum atomic E-state index is 11.9. The molecule has 19 heavy (non-hydrogen) atoms. The van der Waals surface area contributed by atoms with Crippen molar-refractivity contribution in [2.75, 3.05) is 31.6 Å². The van der Waals surface area contributed by atoms with Gasteiger partial charge in [-0.05, 0) is 24.8 Å². The minimum Gasteiger partial charge on any atom is -0.344 e. The van der Waals surface area contributed by atoms with Crippen molar-refractivity contribution in [1.82, 2.24) is 14.9 Å². The van der Waals surface area contributed by atoms with E-state index >= 15 is 0 Å². The molecule has 0 radical (unpaired) electrons. The van der Waals surface area contributed by atoms with Gasteiger partial charge in [-0.25, -0.2) is 9.97 Å². The summed E-state index contributed by atoms with van der Waals surface area (Å²) in [4.78, 5) is 24.8. The highest BCUT2D eigenvalue weighted by molar-refractivity contribution is 5.88. The van der Waals surface area contributed by atoms with E-state index in [0.29, 0.717) is 5.91 Å². The number of anilines is 1. The first-order valence-corrected chi connectivity index (χ1v) is 6.96. The quantitative estimate of drug-likeness (QED) is 0.747. The van der Waals surface area contributed by atoms with E-state index in [1.807, 2.05) is 24.3 Å². The Morgan fingerprint density at radius 1 is 1.26 bits per heavy atom. The number of piperidine rings is 1. The number of likely N-dealkylation sites (tertiary alicyclic amines) is 1. The van der Waals surface area contributed by atoms with Crippen LogP contribution in [0.5, 0.6) is 0 Å². The van der Waals surface area contributed by atoms with Gasteiger partial charge in [-0.15, -0.1) is 0 Å². The molecule has 0 aromatic carbocycles. The lowest BCUT2D eigenvalue weighted by Gasteiger charge is -2.51. The Kier molecular flexibility index (Phi) is 2.92. The van der Waals surface area contributed by atoms with Gasteiger partial charge in [-0.2, -0.15) is 0 Å². The molecule has 2 fully saturated rings. The van der Waals surface area contributed by atoms with Gasteiger partial charge in [0.25, 0.3) is 0 Å².